The van der Waals surface area contributed by atoms with Crippen LogP contribution < -0.4 is 4.90 Å². The van der Waals surface area contributed by atoms with Gasteiger partial charge in [0.1, 0.15) is 0 Å². The van der Waals surface area contributed by atoms with Gasteiger partial charge in [0.05, 0.1) is 11.7 Å². The lowest BCUT2D eigenvalue weighted by Gasteiger charge is -2.35. The maximum absolute atomic E-state index is 13.1. The predicted octanol–water partition coefficient (Wildman–Crippen LogP) is 2.44. The van der Waals surface area contributed by atoms with Crippen LogP contribution in [0.5, 0.6) is 0 Å². The summed E-state index contributed by atoms with van der Waals surface area (Å²) in [6.45, 7) is 1.61. The van der Waals surface area contributed by atoms with Crippen LogP contribution in [0.4, 0.5) is 5.69 Å². The fourth-order valence-electron chi connectivity index (χ4n) is 4.22. The van der Waals surface area contributed by atoms with Gasteiger partial charge in [-0.3, -0.25) is 9.59 Å². The zero-order valence-electron chi connectivity index (χ0n) is 18.0. The Morgan fingerprint density at radius 1 is 1.03 bits per heavy atom. The first-order valence-electron chi connectivity index (χ1n) is 10.6. The van der Waals surface area contributed by atoms with E-state index in [1.165, 1.54) is 4.31 Å². The molecular formula is C23H27N3O4S2. The van der Waals surface area contributed by atoms with Crippen LogP contribution in [0.1, 0.15) is 12.0 Å². The first kappa shape index (κ1) is 22.8. The second-order valence-electron chi connectivity index (χ2n) is 8.07. The summed E-state index contributed by atoms with van der Waals surface area (Å²) < 4.78 is 27.0. The number of hydrogen-bond acceptors (Lipinski definition) is 5. The van der Waals surface area contributed by atoms with Gasteiger partial charge >= 0.3 is 0 Å². The lowest BCUT2D eigenvalue weighted by atomic mass is 10.1. The number of piperazine rings is 1. The van der Waals surface area contributed by atoms with Crippen molar-refractivity contribution in [3.8, 4) is 0 Å². The number of anilines is 1. The Balaban J connectivity index is 1.35. The van der Waals surface area contributed by atoms with Crippen molar-refractivity contribution in [3.05, 3.63) is 60.2 Å². The van der Waals surface area contributed by atoms with E-state index in [0.717, 1.165) is 16.1 Å². The topological polar surface area (TPSA) is 78.0 Å². The van der Waals surface area contributed by atoms with Gasteiger partial charge < -0.3 is 9.80 Å². The Morgan fingerprint density at radius 2 is 1.75 bits per heavy atom. The van der Waals surface area contributed by atoms with Crippen molar-refractivity contribution >= 4 is 39.3 Å². The van der Waals surface area contributed by atoms with Crippen LogP contribution in [0.2, 0.25) is 0 Å². The lowest BCUT2D eigenvalue weighted by molar-refractivity contribution is -0.136. The number of carbonyl (C=O) groups is 2. The zero-order valence-corrected chi connectivity index (χ0v) is 19.6. The smallest absolute Gasteiger partial charge is 0.228 e. The largest absolute Gasteiger partial charge is 0.340 e. The van der Waals surface area contributed by atoms with E-state index in [9.17, 15) is 18.0 Å². The normalized spacial score (nSPS) is 20.0. The molecule has 0 radical (unpaired) electrons. The van der Waals surface area contributed by atoms with E-state index in [1.54, 1.807) is 33.7 Å². The van der Waals surface area contributed by atoms with Crippen LogP contribution in [0, 0.1) is 5.92 Å². The highest BCUT2D eigenvalue weighted by atomic mass is 32.2. The monoisotopic (exact) mass is 473 g/mol. The molecule has 0 aromatic heterocycles. The summed E-state index contributed by atoms with van der Waals surface area (Å²) >= 11 is 1.61. The van der Waals surface area contributed by atoms with Gasteiger partial charge in [0.25, 0.3) is 0 Å². The van der Waals surface area contributed by atoms with E-state index >= 15 is 0 Å². The van der Waals surface area contributed by atoms with Gasteiger partial charge in [-0.05, 0) is 30.0 Å². The van der Waals surface area contributed by atoms with Crippen molar-refractivity contribution in [1.29, 1.82) is 0 Å². The molecule has 2 aliphatic rings. The average Bonchev–Trinajstić information content (AvgIpc) is 3.20. The molecule has 170 valence electrons. The van der Waals surface area contributed by atoms with Crippen LogP contribution in [0.3, 0.4) is 0 Å². The number of carbonyl (C=O) groups excluding carboxylic acids is 2. The predicted molar refractivity (Wildman–Crippen MR) is 126 cm³/mol. The lowest BCUT2D eigenvalue weighted by Crippen LogP contribution is -2.52. The van der Waals surface area contributed by atoms with Crippen molar-refractivity contribution in [2.24, 2.45) is 5.92 Å². The molecule has 9 heteroatoms. The standard InChI is InChI=1S/C23H27N3O4S2/c1-31-21-9-5-8-20(15-21)26-16-19(14-22(26)27)23(28)24-10-12-25(13-11-24)32(29,30)17-18-6-3-2-4-7-18/h2-9,15,19H,10-14,16-17H2,1H3/t19-/m0/s1. The number of thioether (sulfide) groups is 1. The van der Waals surface area contributed by atoms with Crippen molar-refractivity contribution in [1.82, 2.24) is 9.21 Å². The number of hydrogen-bond donors (Lipinski definition) is 0. The molecule has 0 spiro atoms. The molecule has 2 saturated heterocycles. The van der Waals surface area contributed by atoms with Crippen LogP contribution in [-0.4, -0.2) is 68.4 Å². The molecule has 0 bridgehead atoms. The first-order valence-corrected chi connectivity index (χ1v) is 13.5. The maximum Gasteiger partial charge on any atom is 0.228 e. The van der Waals surface area contributed by atoms with E-state index in [4.69, 9.17) is 0 Å². The van der Waals surface area contributed by atoms with E-state index in [0.29, 0.717) is 19.6 Å². The zero-order chi connectivity index (χ0) is 22.7. The minimum Gasteiger partial charge on any atom is -0.340 e. The number of rotatable bonds is 6. The molecule has 0 aliphatic carbocycles. The first-order chi connectivity index (χ1) is 15.4. The molecule has 7 nitrogen and oxygen atoms in total. The molecule has 2 aromatic carbocycles. The maximum atomic E-state index is 13.1. The summed E-state index contributed by atoms with van der Waals surface area (Å²) in [6, 6.07) is 16.9. The third-order valence-corrected chi connectivity index (χ3v) is 8.55. The molecule has 0 unspecified atom stereocenters. The van der Waals surface area contributed by atoms with E-state index in [-0.39, 0.29) is 37.1 Å². The summed E-state index contributed by atoms with van der Waals surface area (Å²) in [5.74, 6) is -0.552. The SMILES string of the molecule is CSc1cccc(N2C[C@@H](C(=O)N3CCN(S(=O)(=O)Cc4ccccc4)CC3)CC2=O)c1. The molecule has 0 N–H and O–H groups in total. The van der Waals surface area contributed by atoms with Gasteiger partial charge in [0.2, 0.25) is 21.8 Å². The van der Waals surface area contributed by atoms with Gasteiger partial charge in [0.15, 0.2) is 0 Å². The second kappa shape index (κ2) is 9.64. The summed E-state index contributed by atoms with van der Waals surface area (Å²) in [4.78, 5) is 30.1. The van der Waals surface area contributed by atoms with E-state index in [1.807, 2.05) is 48.7 Å². The van der Waals surface area contributed by atoms with Crippen molar-refractivity contribution < 1.29 is 18.0 Å². The van der Waals surface area contributed by atoms with Crippen molar-refractivity contribution in [3.63, 3.8) is 0 Å². The number of nitrogens with zero attached hydrogens (tertiary/aromatic N) is 3. The van der Waals surface area contributed by atoms with Crippen molar-refractivity contribution in [2.75, 3.05) is 43.9 Å². The summed E-state index contributed by atoms with van der Waals surface area (Å²) in [5.41, 5.74) is 1.56. The summed E-state index contributed by atoms with van der Waals surface area (Å²) in [7, 11) is -3.43. The molecule has 32 heavy (non-hydrogen) atoms. The minimum atomic E-state index is -3.43. The fraction of sp³-hybridized carbons (Fsp3) is 0.391. The highest BCUT2D eigenvalue weighted by Crippen LogP contribution is 2.29. The number of amides is 2. The summed E-state index contributed by atoms with van der Waals surface area (Å²) in [6.07, 6.45) is 2.17. The Bertz CT molecular complexity index is 1080. The second-order valence-corrected chi connectivity index (χ2v) is 10.9. The van der Waals surface area contributed by atoms with Gasteiger partial charge in [-0.1, -0.05) is 36.4 Å². The van der Waals surface area contributed by atoms with Crippen molar-refractivity contribution in [2.45, 2.75) is 17.1 Å². The van der Waals surface area contributed by atoms with Gasteiger partial charge in [0, 0.05) is 49.7 Å². The molecular weight excluding hydrogens is 446 g/mol. The van der Waals surface area contributed by atoms with Crippen LogP contribution in [0.15, 0.2) is 59.5 Å². The molecule has 2 aromatic rings. The van der Waals surface area contributed by atoms with E-state index < -0.39 is 15.9 Å². The van der Waals surface area contributed by atoms with Gasteiger partial charge in [-0.15, -0.1) is 11.8 Å². The molecule has 0 saturated carbocycles. The van der Waals surface area contributed by atoms with Gasteiger partial charge in [-0.25, -0.2) is 8.42 Å². The minimum absolute atomic E-state index is 0.0387. The van der Waals surface area contributed by atoms with E-state index in [2.05, 4.69) is 0 Å². The summed E-state index contributed by atoms with van der Waals surface area (Å²) in [5, 5.41) is 0. The Labute approximate surface area is 193 Å². The average molecular weight is 474 g/mol. The third-order valence-electron chi connectivity index (χ3n) is 5.97. The van der Waals surface area contributed by atoms with Crippen LogP contribution in [-0.2, 0) is 25.4 Å². The molecule has 2 heterocycles. The van der Waals surface area contributed by atoms with Gasteiger partial charge in [-0.2, -0.15) is 4.31 Å². The third kappa shape index (κ3) is 5.00. The molecule has 2 amide bonds. The molecule has 2 aliphatic heterocycles. The molecule has 1 atom stereocenters. The number of benzene rings is 2. The van der Waals surface area contributed by atoms with Crippen LogP contribution >= 0.6 is 11.8 Å². The Kier molecular flexibility index (Phi) is 6.88. The Morgan fingerprint density at radius 3 is 2.44 bits per heavy atom. The Hall–Kier alpha value is -2.36. The highest BCUT2D eigenvalue weighted by Gasteiger charge is 2.39. The number of sulfonamides is 1. The van der Waals surface area contributed by atoms with Crippen LogP contribution in [0.25, 0.3) is 0 Å². The molecule has 2 fully saturated rings. The quantitative estimate of drug-likeness (QED) is 0.603. The molecule has 4 rings (SSSR count). The highest BCUT2D eigenvalue weighted by molar-refractivity contribution is 7.98. The fourth-order valence-corrected chi connectivity index (χ4v) is 6.19.